The average molecular weight is 192 g/mol. The van der Waals surface area contributed by atoms with Gasteiger partial charge in [0, 0.05) is 11.9 Å². The molecule has 2 N–H and O–H groups in total. The number of benzene rings is 1. The number of hydrogen-bond acceptors (Lipinski definition) is 2. The fourth-order valence-corrected chi connectivity index (χ4v) is 1.41. The summed E-state index contributed by atoms with van der Waals surface area (Å²) in [5, 5.41) is 0. The maximum atomic E-state index is 10.9. The summed E-state index contributed by atoms with van der Waals surface area (Å²) in [4.78, 5) is 0.711. The zero-order chi connectivity index (χ0) is 7.56. The minimum Gasteiger partial charge on any atom is -0.398 e. The largest absolute Gasteiger partial charge is 0.398 e. The second kappa shape index (κ2) is 4.36. The van der Waals surface area contributed by atoms with Gasteiger partial charge in [-0.15, -0.1) is 12.4 Å². The van der Waals surface area contributed by atoms with Crippen LogP contribution in [0.1, 0.15) is 0 Å². The van der Waals surface area contributed by atoms with Crippen LogP contribution in [-0.2, 0) is 10.8 Å². The van der Waals surface area contributed by atoms with Gasteiger partial charge < -0.3 is 5.73 Å². The molecule has 2 nitrogen and oxygen atoms in total. The van der Waals surface area contributed by atoms with Crippen molar-refractivity contribution in [2.24, 2.45) is 0 Å². The van der Waals surface area contributed by atoms with Gasteiger partial charge in [-0.25, -0.2) is 0 Å². The van der Waals surface area contributed by atoms with Gasteiger partial charge >= 0.3 is 0 Å². The lowest BCUT2D eigenvalue weighted by Crippen LogP contribution is -1.94. The first-order valence-corrected chi connectivity index (χ1v) is 4.45. The second-order valence-corrected chi connectivity index (χ2v) is 3.34. The molecule has 0 saturated carbocycles. The van der Waals surface area contributed by atoms with Gasteiger partial charge in [-0.2, -0.15) is 0 Å². The Bertz CT molecular complexity index is 264. The van der Waals surface area contributed by atoms with E-state index in [0.29, 0.717) is 10.6 Å². The summed E-state index contributed by atoms with van der Waals surface area (Å²) in [6, 6.07) is 7.17. The molecule has 0 radical (unpaired) electrons. The van der Waals surface area contributed by atoms with Gasteiger partial charge in [-0.1, -0.05) is 12.1 Å². The molecule has 1 rings (SSSR count). The predicted octanol–water partition coefficient (Wildman–Crippen LogP) is 1.43. The third kappa shape index (κ3) is 2.52. The van der Waals surface area contributed by atoms with E-state index in [1.54, 1.807) is 18.4 Å². The smallest absolute Gasteiger partial charge is 0.0614 e. The Balaban J connectivity index is 0.000001000. The highest BCUT2D eigenvalue weighted by Crippen LogP contribution is 2.13. The summed E-state index contributed by atoms with van der Waals surface area (Å²) in [6.07, 6.45) is 1.62. The molecule has 0 aliphatic rings. The monoisotopic (exact) mass is 191 g/mol. The Hall–Kier alpha value is -0.540. The van der Waals surface area contributed by atoms with E-state index in [2.05, 4.69) is 0 Å². The number of halogens is 1. The summed E-state index contributed by atoms with van der Waals surface area (Å²) >= 11 is 0. The Morgan fingerprint density at radius 3 is 2.27 bits per heavy atom. The predicted molar refractivity (Wildman–Crippen MR) is 50.4 cm³/mol. The van der Waals surface area contributed by atoms with Crippen LogP contribution in [0.25, 0.3) is 0 Å². The lowest BCUT2D eigenvalue weighted by molar-refractivity contribution is 0.687. The molecular weight excluding hydrogens is 182 g/mol. The van der Waals surface area contributed by atoms with Gasteiger partial charge in [-0.3, -0.25) is 4.21 Å². The highest BCUT2D eigenvalue weighted by molar-refractivity contribution is 7.84. The summed E-state index contributed by atoms with van der Waals surface area (Å²) in [6.45, 7) is 0. The second-order valence-electron chi connectivity index (χ2n) is 1.99. The van der Waals surface area contributed by atoms with Crippen molar-refractivity contribution in [3.05, 3.63) is 24.3 Å². The fourth-order valence-electron chi connectivity index (χ4n) is 0.742. The van der Waals surface area contributed by atoms with Crippen LogP contribution < -0.4 is 5.73 Å². The Labute approximate surface area is 74.7 Å². The minimum atomic E-state index is -0.966. The van der Waals surface area contributed by atoms with Crippen LogP contribution in [0.4, 0.5) is 5.69 Å². The molecule has 0 fully saturated rings. The van der Waals surface area contributed by atoms with Crippen molar-refractivity contribution < 1.29 is 4.21 Å². The van der Waals surface area contributed by atoms with Gasteiger partial charge in [-0.05, 0) is 12.1 Å². The Morgan fingerprint density at radius 2 is 1.91 bits per heavy atom. The maximum absolute atomic E-state index is 10.9. The van der Waals surface area contributed by atoms with Crippen molar-refractivity contribution in [1.29, 1.82) is 0 Å². The number of nitrogens with two attached hydrogens (primary N) is 1. The van der Waals surface area contributed by atoms with Crippen LogP contribution in [0, 0.1) is 0 Å². The molecule has 0 saturated heterocycles. The number of hydrogen-bond donors (Lipinski definition) is 1. The van der Waals surface area contributed by atoms with Crippen LogP contribution in [0.15, 0.2) is 29.2 Å². The molecule has 1 aromatic carbocycles. The summed E-state index contributed by atoms with van der Waals surface area (Å²) in [5.41, 5.74) is 6.13. The van der Waals surface area contributed by atoms with Crippen molar-refractivity contribution in [3.63, 3.8) is 0 Å². The highest BCUT2D eigenvalue weighted by Gasteiger charge is 1.98. The molecule has 0 aliphatic heterocycles. The van der Waals surface area contributed by atoms with Crippen molar-refractivity contribution >= 4 is 28.9 Å². The zero-order valence-electron chi connectivity index (χ0n) is 6.11. The van der Waals surface area contributed by atoms with E-state index in [1.807, 2.05) is 12.1 Å². The Kier molecular flexibility index (Phi) is 4.15. The third-order valence-corrected chi connectivity index (χ3v) is 2.22. The van der Waals surface area contributed by atoms with Crippen LogP contribution in [0.5, 0.6) is 0 Å². The van der Waals surface area contributed by atoms with E-state index < -0.39 is 10.8 Å². The van der Waals surface area contributed by atoms with Crippen molar-refractivity contribution in [1.82, 2.24) is 0 Å². The van der Waals surface area contributed by atoms with Gasteiger partial charge in [0.05, 0.1) is 15.7 Å². The highest BCUT2D eigenvalue weighted by atomic mass is 35.5. The zero-order valence-corrected chi connectivity index (χ0v) is 7.74. The minimum absolute atomic E-state index is 0. The Morgan fingerprint density at radius 1 is 1.36 bits per heavy atom. The third-order valence-electron chi connectivity index (χ3n) is 1.23. The molecule has 1 aromatic rings. The molecular formula is C7H10ClNOS. The first-order valence-electron chi connectivity index (χ1n) is 2.90. The molecule has 0 amide bonds. The van der Waals surface area contributed by atoms with Crippen LogP contribution in [0.3, 0.4) is 0 Å². The standard InChI is InChI=1S/C7H9NOS.ClH/c1-10(9)7-5-3-2-4-6(7)8;/h2-5H,8H2,1H3;1H. The molecule has 0 aromatic heterocycles. The topological polar surface area (TPSA) is 43.1 Å². The average Bonchev–Trinajstić information content (AvgIpc) is 1.88. The molecule has 4 heteroatoms. The summed E-state index contributed by atoms with van der Waals surface area (Å²) in [7, 11) is -0.966. The summed E-state index contributed by atoms with van der Waals surface area (Å²) < 4.78 is 10.9. The number of nitrogen functional groups attached to an aromatic ring is 1. The molecule has 0 heterocycles. The van der Waals surface area contributed by atoms with E-state index in [-0.39, 0.29) is 12.4 Å². The van der Waals surface area contributed by atoms with E-state index >= 15 is 0 Å². The van der Waals surface area contributed by atoms with Gasteiger partial charge in [0.1, 0.15) is 0 Å². The normalized spacial score (nSPS) is 11.7. The lowest BCUT2D eigenvalue weighted by Gasteiger charge is -1.98. The molecule has 0 bridgehead atoms. The number of para-hydroxylation sites is 1. The van der Waals surface area contributed by atoms with E-state index in [1.165, 1.54) is 0 Å². The van der Waals surface area contributed by atoms with Crippen molar-refractivity contribution in [2.75, 3.05) is 12.0 Å². The number of anilines is 1. The van der Waals surface area contributed by atoms with E-state index in [4.69, 9.17) is 5.73 Å². The number of rotatable bonds is 1. The van der Waals surface area contributed by atoms with Crippen LogP contribution >= 0.6 is 12.4 Å². The molecule has 62 valence electrons. The van der Waals surface area contributed by atoms with E-state index in [0.717, 1.165) is 0 Å². The summed E-state index contributed by atoms with van der Waals surface area (Å²) in [5.74, 6) is 0. The van der Waals surface area contributed by atoms with Crippen LogP contribution in [-0.4, -0.2) is 10.5 Å². The molecule has 0 spiro atoms. The molecule has 1 unspecified atom stereocenters. The molecule has 0 aliphatic carbocycles. The quantitative estimate of drug-likeness (QED) is 0.683. The molecule has 11 heavy (non-hydrogen) atoms. The van der Waals surface area contributed by atoms with E-state index in [9.17, 15) is 4.21 Å². The van der Waals surface area contributed by atoms with Gasteiger partial charge in [0.25, 0.3) is 0 Å². The maximum Gasteiger partial charge on any atom is 0.0614 e. The molecule has 1 atom stereocenters. The first kappa shape index (κ1) is 10.5. The van der Waals surface area contributed by atoms with Crippen molar-refractivity contribution in [2.45, 2.75) is 4.90 Å². The van der Waals surface area contributed by atoms with Gasteiger partial charge in [0.2, 0.25) is 0 Å². The fraction of sp³-hybridized carbons (Fsp3) is 0.143. The SMILES string of the molecule is CS(=O)c1ccccc1N.Cl. The van der Waals surface area contributed by atoms with Gasteiger partial charge in [0.15, 0.2) is 0 Å². The first-order chi connectivity index (χ1) is 4.72. The lowest BCUT2D eigenvalue weighted by atomic mass is 10.3. The van der Waals surface area contributed by atoms with Crippen molar-refractivity contribution in [3.8, 4) is 0 Å². The van der Waals surface area contributed by atoms with Crippen LogP contribution in [0.2, 0.25) is 0 Å².